The van der Waals surface area contributed by atoms with Crippen LogP contribution in [-0.2, 0) is 10.0 Å². The van der Waals surface area contributed by atoms with E-state index in [4.69, 9.17) is 0 Å². The van der Waals surface area contributed by atoms with Gasteiger partial charge in [0, 0.05) is 36.7 Å². The van der Waals surface area contributed by atoms with E-state index in [0.717, 1.165) is 13.1 Å². The summed E-state index contributed by atoms with van der Waals surface area (Å²) in [6, 6.07) is 17.6. The molecule has 0 N–H and O–H groups in total. The number of rotatable bonds is 4. The van der Waals surface area contributed by atoms with Gasteiger partial charge in [-0.3, -0.25) is 4.90 Å². The number of hydrogen-bond donors (Lipinski definition) is 0. The molecule has 0 saturated carbocycles. The van der Waals surface area contributed by atoms with E-state index in [2.05, 4.69) is 39.9 Å². The highest BCUT2D eigenvalue weighted by Crippen LogP contribution is 2.27. The van der Waals surface area contributed by atoms with E-state index < -0.39 is 10.0 Å². The second kappa shape index (κ2) is 7.35. The summed E-state index contributed by atoms with van der Waals surface area (Å²) in [7, 11) is -3.45. The fraction of sp³-hybridized carbons (Fsp3) is 0.333. The van der Waals surface area contributed by atoms with E-state index in [-0.39, 0.29) is 0 Å². The average Bonchev–Trinajstić information content (AvgIpc) is 2.62. The van der Waals surface area contributed by atoms with E-state index in [1.165, 1.54) is 5.56 Å². The molecule has 2 aromatic carbocycles. The molecular weight excluding hydrogens is 388 g/mol. The minimum atomic E-state index is -3.45. The minimum Gasteiger partial charge on any atom is -0.294 e. The summed E-state index contributed by atoms with van der Waals surface area (Å²) in [6.07, 6.45) is 0. The highest BCUT2D eigenvalue weighted by Gasteiger charge is 2.31. The van der Waals surface area contributed by atoms with Crippen molar-refractivity contribution in [2.45, 2.75) is 17.9 Å². The standard InChI is InChI=1S/C18H21BrN2O2S/c1-15(16-7-3-2-4-8-16)20-11-13-21(14-12-20)24(22,23)18-10-6-5-9-17(18)19/h2-10,15H,11-14H2,1H3/t15-/m0/s1. The Morgan fingerprint density at radius 3 is 2.12 bits per heavy atom. The van der Waals surface area contributed by atoms with Crippen LogP contribution in [0, 0.1) is 0 Å². The van der Waals surface area contributed by atoms with E-state index in [1.807, 2.05) is 24.3 Å². The molecular formula is C18H21BrN2O2S. The van der Waals surface area contributed by atoms with Gasteiger partial charge in [-0.05, 0) is 40.5 Å². The first-order valence-electron chi connectivity index (χ1n) is 8.04. The van der Waals surface area contributed by atoms with Crippen LogP contribution < -0.4 is 0 Å². The highest BCUT2D eigenvalue weighted by atomic mass is 79.9. The molecule has 6 heteroatoms. The van der Waals surface area contributed by atoms with Gasteiger partial charge in [0.15, 0.2) is 0 Å². The van der Waals surface area contributed by atoms with Crippen molar-refractivity contribution in [3.05, 3.63) is 64.6 Å². The quantitative estimate of drug-likeness (QED) is 0.776. The van der Waals surface area contributed by atoms with Crippen LogP contribution in [0.4, 0.5) is 0 Å². The largest absolute Gasteiger partial charge is 0.294 e. The predicted molar refractivity (Wildman–Crippen MR) is 99.3 cm³/mol. The van der Waals surface area contributed by atoms with E-state index in [0.29, 0.717) is 28.5 Å². The van der Waals surface area contributed by atoms with E-state index in [1.54, 1.807) is 22.5 Å². The van der Waals surface area contributed by atoms with Crippen LogP contribution >= 0.6 is 15.9 Å². The van der Waals surface area contributed by atoms with Crippen molar-refractivity contribution in [1.82, 2.24) is 9.21 Å². The van der Waals surface area contributed by atoms with Crippen LogP contribution in [0.5, 0.6) is 0 Å². The Kier molecular flexibility index (Phi) is 5.39. The summed E-state index contributed by atoms with van der Waals surface area (Å²) in [5.41, 5.74) is 1.26. The smallest absolute Gasteiger partial charge is 0.244 e. The van der Waals surface area contributed by atoms with Gasteiger partial charge in [-0.1, -0.05) is 42.5 Å². The van der Waals surface area contributed by atoms with Crippen LogP contribution in [0.25, 0.3) is 0 Å². The van der Waals surface area contributed by atoms with Crippen molar-refractivity contribution in [2.75, 3.05) is 26.2 Å². The highest BCUT2D eigenvalue weighted by molar-refractivity contribution is 9.10. The predicted octanol–water partition coefficient (Wildman–Crippen LogP) is 3.52. The Morgan fingerprint density at radius 2 is 1.50 bits per heavy atom. The third-order valence-corrected chi connectivity index (χ3v) is 7.47. The molecule has 0 bridgehead atoms. The molecule has 0 amide bonds. The Balaban J connectivity index is 1.70. The van der Waals surface area contributed by atoms with Gasteiger partial charge in [-0.25, -0.2) is 8.42 Å². The van der Waals surface area contributed by atoms with E-state index >= 15 is 0 Å². The Bertz CT molecular complexity index is 788. The summed E-state index contributed by atoms with van der Waals surface area (Å²) in [6.45, 7) is 4.68. The summed E-state index contributed by atoms with van der Waals surface area (Å²) < 4.78 is 27.9. The van der Waals surface area contributed by atoms with Gasteiger partial charge in [0.05, 0.1) is 4.90 Å². The van der Waals surface area contributed by atoms with Gasteiger partial charge in [-0.2, -0.15) is 4.31 Å². The zero-order valence-electron chi connectivity index (χ0n) is 13.6. The third kappa shape index (κ3) is 3.57. The molecule has 1 aliphatic heterocycles. The summed E-state index contributed by atoms with van der Waals surface area (Å²) in [5.74, 6) is 0. The molecule has 0 aliphatic carbocycles. The van der Waals surface area contributed by atoms with Gasteiger partial charge in [0.1, 0.15) is 0 Å². The molecule has 3 rings (SSSR count). The van der Waals surface area contributed by atoms with Gasteiger partial charge in [-0.15, -0.1) is 0 Å². The monoisotopic (exact) mass is 408 g/mol. The van der Waals surface area contributed by atoms with Gasteiger partial charge in [0.2, 0.25) is 10.0 Å². The fourth-order valence-corrected chi connectivity index (χ4v) is 5.45. The zero-order valence-corrected chi connectivity index (χ0v) is 16.0. The molecule has 0 radical (unpaired) electrons. The second-order valence-electron chi connectivity index (χ2n) is 5.96. The lowest BCUT2D eigenvalue weighted by atomic mass is 10.1. The van der Waals surface area contributed by atoms with Crippen molar-refractivity contribution in [1.29, 1.82) is 0 Å². The van der Waals surface area contributed by atoms with Gasteiger partial charge >= 0.3 is 0 Å². The molecule has 1 saturated heterocycles. The summed E-state index contributed by atoms with van der Waals surface area (Å²) in [4.78, 5) is 2.68. The molecule has 1 fully saturated rings. The number of benzene rings is 2. The minimum absolute atomic E-state index is 0.291. The van der Waals surface area contributed by atoms with Crippen LogP contribution in [0.1, 0.15) is 18.5 Å². The Hall–Kier alpha value is -1.21. The third-order valence-electron chi connectivity index (χ3n) is 4.56. The van der Waals surface area contributed by atoms with Crippen molar-refractivity contribution >= 4 is 26.0 Å². The SMILES string of the molecule is C[C@@H](c1ccccc1)N1CCN(S(=O)(=O)c2ccccc2Br)CC1. The first-order valence-corrected chi connectivity index (χ1v) is 10.3. The molecule has 0 aromatic heterocycles. The fourth-order valence-electron chi connectivity index (χ4n) is 3.07. The number of sulfonamides is 1. The molecule has 1 aliphatic rings. The van der Waals surface area contributed by atoms with Crippen LogP contribution in [0.15, 0.2) is 64.0 Å². The first kappa shape index (κ1) is 17.6. The number of piperazine rings is 1. The maximum Gasteiger partial charge on any atom is 0.244 e. The van der Waals surface area contributed by atoms with Gasteiger partial charge < -0.3 is 0 Å². The maximum absolute atomic E-state index is 12.8. The van der Waals surface area contributed by atoms with Crippen LogP contribution in [0.2, 0.25) is 0 Å². The molecule has 0 unspecified atom stereocenters. The molecule has 128 valence electrons. The van der Waals surface area contributed by atoms with Crippen LogP contribution in [0.3, 0.4) is 0 Å². The average molecular weight is 409 g/mol. The lowest BCUT2D eigenvalue weighted by Gasteiger charge is -2.37. The Morgan fingerprint density at radius 1 is 0.917 bits per heavy atom. The van der Waals surface area contributed by atoms with Gasteiger partial charge in [0.25, 0.3) is 0 Å². The number of halogens is 1. The van der Waals surface area contributed by atoms with Crippen molar-refractivity contribution in [3.8, 4) is 0 Å². The van der Waals surface area contributed by atoms with Crippen LogP contribution in [-0.4, -0.2) is 43.8 Å². The normalized spacial score (nSPS) is 18.4. The molecule has 0 spiro atoms. The van der Waals surface area contributed by atoms with Crippen molar-refractivity contribution < 1.29 is 8.42 Å². The summed E-state index contributed by atoms with van der Waals surface area (Å²) >= 11 is 3.35. The molecule has 4 nitrogen and oxygen atoms in total. The summed E-state index contributed by atoms with van der Waals surface area (Å²) in [5, 5.41) is 0. The number of hydrogen-bond acceptors (Lipinski definition) is 3. The second-order valence-corrected chi connectivity index (χ2v) is 8.72. The molecule has 1 atom stereocenters. The molecule has 2 aromatic rings. The Labute approximate surface area is 152 Å². The van der Waals surface area contributed by atoms with Crippen molar-refractivity contribution in [3.63, 3.8) is 0 Å². The lowest BCUT2D eigenvalue weighted by molar-refractivity contribution is 0.146. The zero-order chi connectivity index (χ0) is 17.2. The maximum atomic E-state index is 12.8. The van der Waals surface area contributed by atoms with Crippen molar-refractivity contribution in [2.24, 2.45) is 0 Å². The first-order chi connectivity index (χ1) is 11.5. The topological polar surface area (TPSA) is 40.6 Å². The lowest BCUT2D eigenvalue weighted by Crippen LogP contribution is -2.49. The molecule has 24 heavy (non-hydrogen) atoms. The molecule has 1 heterocycles. The van der Waals surface area contributed by atoms with E-state index in [9.17, 15) is 8.42 Å². The number of nitrogens with zero attached hydrogens (tertiary/aromatic N) is 2.